The van der Waals surface area contributed by atoms with Crippen LogP contribution in [0.3, 0.4) is 0 Å². The van der Waals surface area contributed by atoms with Gasteiger partial charge < -0.3 is 10.0 Å². The van der Waals surface area contributed by atoms with Crippen LogP contribution in [0.5, 0.6) is 0 Å². The van der Waals surface area contributed by atoms with E-state index in [1.54, 1.807) is 6.92 Å². The van der Waals surface area contributed by atoms with Gasteiger partial charge in [0.15, 0.2) is 0 Å². The van der Waals surface area contributed by atoms with Crippen LogP contribution in [0.4, 0.5) is 8.78 Å². The third kappa shape index (κ3) is 2.77. The molecule has 1 aliphatic rings. The fourth-order valence-electron chi connectivity index (χ4n) is 1.88. The van der Waals surface area contributed by atoms with Gasteiger partial charge in [0.25, 0.3) is 6.08 Å². The van der Waals surface area contributed by atoms with Crippen LogP contribution in [0.15, 0.2) is 12.2 Å². The zero-order valence-electron chi connectivity index (χ0n) is 8.82. The third-order valence-corrected chi connectivity index (χ3v) is 2.60. The molecule has 2 atom stereocenters. The van der Waals surface area contributed by atoms with E-state index in [1.165, 1.54) is 0 Å². The summed E-state index contributed by atoms with van der Waals surface area (Å²) in [5.74, 6) is -2.05. The highest BCUT2D eigenvalue weighted by molar-refractivity contribution is 5.85. The average molecular weight is 233 g/mol. The SMILES string of the molecule is CC[C@@H](C(=O)O)N1CC(C=C(F)F)CC1=O. The van der Waals surface area contributed by atoms with Crippen LogP contribution in [-0.4, -0.2) is 34.5 Å². The summed E-state index contributed by atoms with van der Waals surface area (Å²) in [4.78, 5) is 23.5. The summed E-state index contributed by atoms with van der Waals surface area (Å²) < 4.78 is 24.0. The van der Waals surface area contributed by atoms with Gasteiger partial charge in [0, 0.05) is 18.9 Å². The number of carboxylic acid groups (broad SMARTS) is 1. The molecule has 0 aromatic heterocycles. The Morgan fingerprint density at radius 3 is 2.75 bits per heavy atom. The van der Waals surface area contributed by atoms with Crippen LogP contribution in [0, 0.1) is 5.92 Å². The first-order chi connectivity index (χ1) is 7.45. The minimum absolute atomic E-state index is 0.0406. The monoisotopic (exact) mass is 233 g/mol. The second kappa shape index (κ2) is 5.05. The lowest BCUT2D eigenvalue weighted by Crippen LogP contribution is -2.41. The van der Waals surface area contributed by atoms with Crippen molar-refractivity contribution in [2.24, 2.45) is 5.92 Å². The van der Waals surface area contributed by atoms with Crippen molar-refractivity contribution >= 4 is 11.9 Å². The number of carbonyl (C=O) groups excluding carboxylic acids is 1. The maximum absolute atomic E-state index is 12.0. The second-order valence-corrected chi connectivity index (χ2v) is 3.73. The number of carboxylic acids is 1. The first-order valence-corrected chi connectivity index (χ1v) is 5.00. The Bertz CT molecular complexity index is 326. The molecule has 90 valence electrons. The van der Waals surface area contributed by atoms with E-state index in [9.17, 15) is 18.4 Å². The van der Waals surface area contributed by atoms with E-state index >= 15 is 0 Å². The molecule has 0 bridgehead atoms. The van der Waals surface area contributed by atoms with E-state index in [-0.39, 0.29) is 25.3 Å². The Morgan fingerprint density at radius 1 is 1.69 bits per heavy atom. The summed E-state index contributed by atoms with van der Waals surface area (Å²) in [6.45, 7) is 1.70. The summed E-state index contributed by atoms with van der Waals surface area (Å²) in [6, 6.07) is -0.909. The summed E-state index contributed by atoms with van der Waals surface area (Å²) in [7, 11) is 0. The lowest BCUT2D eigenvalue weighted by molar-refractivity contribution is -0.148. The number of nitrogens with zero attached hydrogens (tertiary/aromatic N) is 1. The van der Waals surface area contributed by atoms with E-state index in [2.05, 4.69) is 0 Å². The zero-order valence-corrected chi connectivity index (χ0v) is 8.82. The van der Waals surface area contributed by atoms with E-state index in [1.807, 2.05) is 0 Å². The number of rotatable bonds is 4. The van der Waals surface area contributed by atoms with Gasteiger partial charge in [-0.3, -0.25) is 4.79 Å². The molecule has 1 unspecified atom stereocenters. The minimum Gasteiger partial charge on any atom is -0.480 e. The van der Waals surface area contributed by atoms with Gasteiger partial charge in [-0.1, -0.05) is 6.92 Å². The molecule has 1 heterocycles. The van der Waals surface area contributed by atoms with Gasteiger partial charge in [-0.2, -0.15) is 8.78 Å². The van der Waals surface area contributed by atoms with E-state index in [0.717, 1.165) is 4.90 Å². The van der Waals surface area contributed by atoms with Crippen LogP contribution in [0.25, 0.3) is 0 Å². The van der Waals surface area contributed by atoms with Crippen LogP contribution in [0.1, 0.15) is 19.8 Å². The number of likely N-dealkylation sites (tertiary alicyclic amines) is 1. The maximum Gasteiger partial charge on any atom is 0.326 e. The van der Waals surface area contributed by atoms with Crippen molar-refractivity contribution in [3.63, 3.8) is 0 Å². The molecule has 16 heavy (non-hydrogen) atoms. The molecule has 1 amide bonds. The molecule has 1 rings (SSSR count). The Labute approximate surface area is 91.5 Å². The fourth-order valence-corrected chi connectivity index (χ4v) is 1.88. The molecule has 0 spiro atoms. The summed E-state index contributed by atoms with van der Waals surface area (Å²) in [6.07, 6.45) is -0.883. The molecule has 1 N–H and O–H groups in total. The van der Waals surface area contributed by atoms with Gasteiger partial charge >= 0.3 is 5.97 Å². The van der Waals surface area contributed by atoms with Crippen molar-refractivity contribution < 1.29 is 23.5 Å². The van der Waals surface area contributed by atoms with Crippen molar-refractivity contribution in [3.05, 3.63) is 12.2 Å². The fraction of sp³-hybridized carbons (Fsp3) is 0.600. The van der Waals surface area contributed by atoms with Gasteiger partial charge in [-0.25, -0.2) is 4.79 Å². The predicted octanol–water partition coefficient (Wildman–Crippen LogP) is 1.48. The van der Waals surface area contributed by atoms with E-state index in [0.29, 0.717) is 6.08 Å². The van der Waals surface area contributed by atoms with Crippen molar-refractivity contribution in [3.8, 4) is 0 Å². The van der Waals surface area contributed by atoms with Gasteiger partial charge in [-0.05, 0) is 12.5 Å². The molecule has 0 aromatic carbocycles. The highest BCUT2D eigenvalue weighted by Crippen LogP contribution is 2.24. The second-order valence-electron chi connectivity index (χ2n) is 3.73. The summed E-state index contributed by atoms with van der Waals surface area (Å²) >= 11 is 0. The topological polar surface area (TPSA) is 57.6 Å². The molecule has 4 nitrogen and oxygen atoms in total. The quantitative estimate of drug-likeness (QED) is 0.800. The number of carbonyl (C=O) groups is 2. The lowest BCUT2D eigenvalue weighted by Gasteiger charge is -2.23. The molecule has 0 aromatic rings. The third-order valence-electron chi connectivity index (χ3n) is 2.60. The van der Waals surface area contributed by atoms with Gasteiger partial charge in [0.2, 0.25) is 5.91 Å². The molecular formula is C10H13F2NO3. The predicted molar refractivity (Wildman–Crippen MR) is 51.8 cm³/mol. The molecule has 6 heteroatoms. The number of hydrogen-bond acceptors (Lipinski definition) is 2. The first kappa shape index (κ1) is 12.6. The smallest absolute Gasteiger partial charge is 0.326 e. The van der Waals surface area contributed by atoms with E-state index in [4.69, 9.17) is 5.11 Å². The molecular weight excluding hydrogens is 220 g/mol. The number of hydrogen-bond donors (Lipinski definition) is 1. The molecule has 0 radical (unpaired) electrons. The number of halogens is 2. The van der Waals surface area contributed by atoms with Crippen molar-refractivity contribution in [1.29, 1.82) is 0 Å². The summed E-state index contributed by atoms with van der Waals surface area (Å²) in [5.41, 5.74) is 0. The highest BCUT2D eigenvalue weighted by Gasteiger charge is 2.36. The van der Waals surface area contributed by atoms with Crippen LogP contribution in [0.2, 0.25) is 0 Å². The van der Waals surface area contributed by atoms with Crippen LogP contribution >= 0.6 is 0 Å². The van der Waals surface area contributed by atoms with Gasteiger partial charge in [-0.15, -0.1) is 0 Å². The lowest BCUT2D eigenvalue weighted by atomic mass is 10.1. The van der Waals surface area contributed by atoms with Crippen LogP contribution < -0.4 is 0 Å². The number of amides is 1. The van der Waals surface area contributed by atoms with Gasteiger partial charge in [0.05, 0.1) is 0 Å². The number of aliphatic carboxylic acids is 1. The van der Waals surface area contributed by atoms with Crippen molar-refractivity contribution in [2.45, 2.75) is 25.8 Å². The van der Waals surface area contributed by atoms with Crippen molar-refractivity contribution in [1.82, 2.24) is 4.90 Å². The molecule has 1 aliphatic heterocycles. The van der Waals surface area contributed by atoms with E-state index < -0.39 is 24.0 Å². The Morgan fingerprint density at radius 2 is 2.31 bits per heavy atom. The maximum atomic E-state index is 12.0. The normalized spacial score (nSPS) is 22.1. The summed E-state index contributed by atoms with van der Waals surface area (Å²) in [5, 5.41) is 8.86. The Kier molecular flexibility index (Phi) is 3.98. The molecule has 0 saturated carbocycles. The minimum atomic E-state index is -1.83. The molecule has 1 saturated heterocycles. The first-order valence-electron chi connectivity index (χ1n) is 5.00. The van der Waals surface area contributed by atoms with Gasteiger partial charge in [0.1, 0.15) is 6.04 Å². The Balaban J connectivity index is 2.74. The average Bonchev–Trinajstić information content (AvgIpc) is 2.46. The van der Waals surface area contributed by atoms with Crippen LogP contribution in [-0.2, 0) is 9.59 Å². The highest BCUT2D eigenvalue weighted by atomic mass is 19.3. The molecule has 1 fully saturated rings. The largest absolute Gasteiger partial charge is 0.480 e. The van der Waals surface area contributed by atoms with Crippen molar-refractivity contribution in [2.75, 3.05) is 6.54 Å². The molecule has 0 aliphatic carbocycles. The standard InChI is InChI=1S/C10H13F2NO3/c1-2-7(10(15)16)13-5-6(3-8(11)12)4-9(13)14/h3,6-7H,2,4-5H2,1H3,(H,15,16)/t6?,7-/m0/s1. The zero-order chi connectivity index (χ0) is 12.3. The Hall–Kier alpha value is -1.46.